The van der Waals surface area contributed by atoms with Crippen molar-refractivity contribution in [2.24, 2.45) is 0 Å². The molecule has 0 unspecified atom stereocenters. The van der Waals surface area contributed by atoms with E-state index in [1.54, 1.807) is 6.20 Å². The second-order valence-electron chi connectivity index (χ2n) is 4.53. The Bertz CT molecular complexity index is 547. The fourth-order valence-corrected chi connectivity index (χ4v) is 1.72. The standard InChI is InChI=1S/C15H18N2O/c1-10-4-6-13(7-5-10)18-9-14-12(3)15(16)11(2)8-17-14/h4-8H,9H2,1-3H3,(H2,16,17). The van der Waals surface area contributed by atoms with E-state index in [9.17, 15) is 0 Å². The van der Waals surface area contributed by atoms with E-state index in [2.05, 4.69) is 11.9 Å². The predicted molar refractivity (Wildman–Crippen MR) is 73.6 cm³/mol. The molecule has 0 fully saturated rings. The molecule has 3 nitrogen and oxygen atoms in total. The average molecular weight is 242 g/mol. The maximum absolute atomic E-state index is 5.98. The van der Waals surface area contributed by atoms with Gasteiger partial charge in [-0.1, -0.05) is 17.7 Å². The van der Waals surface area contributed by atoms with E-state index in [0.717, 1.165) is 28.3 Å². The van der Waals surface area contributed by atoms with Crippen LogP contribution in [0.1, 0.15) is 22.4 Å². The number of anilines is 1. The molecule has 0 saturated carbocycles. The van der Waals surface area contributed by atoms with Gasteiger partial charge in [0.2, 0.25) is 0 Å². The Balaban J connectivity index is 2.11. The number of ether oxygens (including phenoxy) is 1. The quantitative estimate of drug-likeness (QED) is 0.899. The molecule has 0 aliphatic rings. The molecule has 2 aromatic rings. The van der Waals surface area contributed by atoms with Gasteiger partial charge in [-0.3, -0.25) is 4.98 Å². The van der Waals surface area contributed by atoms with E-state index in [1.807, 2.05) is 38.1 Å². The lowest BCUT2D eigenvalue weighted by atomic mass is 10.1. The molecule has 0 saturated heterocycles. The number of nitrogen functional groups attached to an aromatic ring is 1. The number of aryl methyl sites for hydroxylation is 2. The zero-order chi connectivity index (χ0) is 13.1. The highest BCUT2D eigenvalue weighted by Crippen LogP contribution is 2.20. The van der Waals surface area contributed by atoms with Crippen molar-refractivity contribution in [2.45, 2.75) is 27.4 Å². The van der Waals surface area contributed by atoms with Crippen LogP contribution in [0, 0.1) is 20.8 Å². The summed E-state index contributed by atoms with van der Waals surface area (Å²) in [4.78, 5) is 4.37. The van der Waals surface area contributed by atoms with Crippen LogP contribution in [0.5, 0.6) is 5.75 Å². The van der Waals surface area contributed by atoms with Crippen LogP contribution < -0.4 is 10.5 Å². The monoisotopic (exact) mass is 242 g/mol. The minimum absolute atomic E-state index is 0.444. The lowest BCUT2D eigenvalue weighted by Gasteiger charge is -2.11. The smallest absolute Gasteiger partial charge is 0.131 e. The zero-order valence-electron chi connectivity index (χ0n) is 11.0. The van der Waals surface area contributed by atoms with Crippen LogP contribution >= 0.6 is 0 Å². The largest absolute Gasteiger partial charge is 0.487 e. The summed E-state index contributed by atoms with van der Waals surface area (Å²) in [6, 6.07) is 7.97. The van der Waals surface area contributed by atoms with Gasteiger partial charge in [0.1, 0.15) is 12.4 Å². The summed E-state index contributed by atoms with van der Waals surface area (Å²) in [6.07, 6.45) is 1.79. The first-order valence-corrected chi connectivity index (χ1v) is 5.98. The van der Waals surface area contributed by atoms with Gasteiger partial charge in [-0.25, -0.2) is 0 Å². The lowest BCUT2D eigenvalue weighted by molar-refractivity contribution is 0.300. The second kappa shape index (κ2) is 5.08. The first-order valence-electron chi connectivity index (χ1n) is 5.98. The number of hydrogen-bond acceptors (Lipinski definition) is 3. The van der Waals surface area contributed by atoms with Crippen LogP contribution in [0.4, 0.5) is 5.69 Å². The van der Waals surface area contributed by atoms with Crippen LogP contribution in [0.2, 0.25) is 0 Å². The maximum atomic E-state index is 5.98. The molecule has 0 amide bonds. The number of pyridine rings is 1. The SMILES string of the molecule is Cc1ccc(OCc2ncc(C)c(N)c2C)cc1. The van der Waals surface area contributed by atoms with Gasteiger partial charge in [0.25, 0.3) is 0 Å². The molecule has 2 rings (SSSR count). The Morgan fingerprint density at radius 1 is 1.11 bits per heavy atom. The molecule has 1 aromatic heterocycles. The van der Waals surface area contributed by atoms with Gasteiger partial charge in [-0.2, -0.15) is 0 Å². The van der Waals surface area contributed by atoms with E-state index in [4.69, 9.17) is 10.5 Å². The van der Waals surface area contributed by atoms with E-state index in [1.165, 1.54) is 5.56 Å². The van der Waals surface area contributed by atoms with E-state index >= 15 is 0 Å². The number of benzene rings is 1. The van der Waals surface area contributed by atoms with Crippen molar-refractivity contribution < 1.29 is 4.74 Å². The van der Waals surface area contributed by atoms with Crippen LogP contribution in [0.3, 0.4) is 0 Å². The molecule has 18 heavy (non-hydrogen) atoms. The molecule has 0 aliphatic heterocycles. The third kappa shape index (κ3) is 2.62. The van der Waals surface area contributed by atoms with Crippen molar-refractivity contribution in [1.29, 1.82) is 0 Å². The molecule has 1 heterocycles. The highest BCUT2D eigenvalue weighted by molar-refractivity contribution is 5.53. The Morgan fingerprint density at radius 3 is 2.44 bits per heavy atom. The van der Waals surface area contributed by atoms with Gasteiger partial charge < -0.3 is 10.5 Å². The molecule has 1 aromatic carbocycles. The molecule has 0 spiro atoms. The highest BCUT2D eigenvalue weighted by atomic mass is 16.5. The molecular formula is C15H18N2O. The van der Waals surface area contributed by atoms with Crippen molar-refractivity contribution >= 4 is 5.69 Å². The summed E-state index contributed by atoms with van der Waals surface area (Å²) in [5.74, 6) is 0.848. The van der Waals surface area contributed by atoms with Crippen molar-refractivity contribution in [3.8, 4) is 5.75 Å². The molecule has 0 radical (unpaired) electrons. The first-order chi connectivity index (χ1) is 8.58. The van der Waals surface area contributed by atoms with Crippen molar-refractivity contribution in [1.82, 2.24) is 4.98 Å². The number of rotatable bonds is 3. The van der Waals surface area contributed by atoms with Crippen molar-refractivity contribution in [2.75, 3.05) is 5.73 Å². The number of hydrogen-bond donors (Lipinski definition) is 1. The zero-order valence-corrected chi connectivity index (χ0v) is 11.0. The third-order valence-electron chi connectivity index (χ3n) is 3.07. The van der Waals surface area contributed by atoms with Crippen LogP contribution in [0.15, 0.2) is 30.5 Å². The predicted octanol–water partition coefficient (Wildman–Crippen LogP) is 3.17. The minimum atomic E-state index is 0.444. The topological polar surface area (TPSA) is 48.1 Å². The molecule has 0 atom stereocenters. The first kappa shape index (κ1) is 12.4. The highest BCUT2D eigenvalue weighted by Gasteiger charge is 2.06. The third-order valence-corrected chi connectivity index (χ3v) is 3.07. The van der Waals surface area contributed by atoms with Gasteiger partial charge in [-0.05, 0) is 44.0 Å². The Labute approximate surface area is 108 Å². The van der Waals surface area contributed by atoms with Gasteiger partial charge in [0.15, 0.2) is 0 Å². The second-order valence-corrected chi connectivity index (χ2v) is 4.53. The van der Waals surface area contributed by atoms with E-state index in [-0.39, 0.29) is 0 Å². The van der Waals surface area contributed by atoms with Gasteiger partial charge >= 0.3 is 0 Å². The van der Waals surface area contributed by atoms with Crippen molar-refractivity contribution in [3.63, 3.8) is 0 Å². The maximum Gasteiger partial charge on any atom is 0.131 e. The van der Waals surface area contributed by atoms with Crippen LogP contribution in [-0.2, 0) is 6.61 Å². The normalized spacial score (nSPS) is 10.4. The van der Waals surface area contributed by atoms with Gasteiger partial charge in [0.05, 0.1) is 5.69 Å². The Morgan fingerprint density at radius 2 is 1.78 bits per heavy atom. The number of nitrogens with zero attached hydrogens (tertiary/aromatic N) is 1. The summed E-state index contributed by atoms with van der Waals surface area (Å²) < 4.78 is 5.70. The Hall–Kier alpha value is -2.03. The van der Waals surface area contributed by atoms with Gasteiger partial charge in [0, 0.05) is 11.9 Å². The number of nitrogens with two attached hydrogens (primary N) is 1. The molecule has 94 valence electrons. The average Bonchev–Trinajstić information content (AvgIpc) is 2.37. The van der Waals surface area contributed by atoms with Crippen LogP contribution in [-0.4, -0.2) is 4.98 Å². The Kier molecular flexibility index (Phi) is 3.51. The molecule has 3 heteroatoms. The molecule has 2 N–H and O–H groups in total. The fourth-order valence-electron chi connectivity index (χ4n) is 1.72. The van der Waals surface area contributed by atoms with E-state index < -0.39 is 0 Å². The van der Waals surface area contributed by atoms with E-state index in [0.29, 0.717) is 6.61 Å². The molecule has 0 aliphatic carbocycles. The lowest BCUT2D eigenvalue weighted by Crippen LogP contribution is -2.05. The van der Waals surface area contributed by atoms with Crippen molar-refractivity contribution in [3.05, 3.63) is 52.8 Å². The molecular weight excluding hydrogens is 224 g/mol. The number of aromatic nitrogens is 1. The fraction of sp³-hybridized carbons (Fsp3) is 0.267. The summed E-state index contributed by atoms with van der Waals surface area (Å²) in [5, 5.41) is 0. The summed E-state index contributed by atoms with van der Waals surface area (Å²) in [5.41, 5.74) is 10.9. The molecule has 0 bridgehead atoms. The minimum Gasteiger partial charge on any atom is -0.487 e. The summed E-state index contributed by atoms with van der Waals surface area (Å²) >= 11 is 0. The summed E-state index contributed by atoms with van der Waals surface area (Å²) in [7, 11) is 0. The van der Waals surface area contributed by atoms with Gasteiger partial charge in [-0.15, -0.1) is 0 Å². The summed E-state index contributed by atoms with van der Waals surface area (Å²) in [6.45, 7) is 6.43. The van der Waals surface area contributed by atoms with Crippen LogP contribution in [0.25, 0.3) is 0 Å².